The van der Waals surface area contributed by atoms with E-state index in [1.165, 1.54) is 19.3 Å². The fraction of sp³-hybridized carbons (Fsp3) is 0.522. The molecule has 1 N–H and O–H groups in total. The summed E-state index contributed by atoms with van der Waals surface area (Å²) in [6.45, 7) is 7.52. The molecule has 1 aromatic heterocycles. The fourth-order valence-electron chi connectivity index (χ4n) is 4.52. The zero-order chi connectivity index (χ0) is 19.7. The second kappa shape index (κ2) is 7.53. The van der Waals surface area contributed by atoms with Crippen LogP contribution in [0.15, 0.2) is 30.3 Å². The van der Waals surface area contributed by atoms with Crippen molar-refractivity contribution in [1.82, 2.24) is 9.97 Å². The minimum atomic E-state index is -0.0637. The predicted octanol–water partition coefficient (Wildman–Crippen LogP) is 5.14. The molecule has 2 aliphatic rings. The third-order valence-corrected chi connectivity index (χ3v) is 5.93. The van der Waals surface area contributed by atoms with Gasteiger partial charge >= 0.3 is 0 Å². The molecule has 1 aliphatic heterocycles. The van der Waals surface area contributed by atoms with Crippen LogP contribution in [0.4, 0.5) is 17.5 Å². The highest BCUT2D eigenvalue weighted by Crippen LogP contribution is 2.38. The molecule has 1 saturated heterocycles. The molecule has 1 unspecified atom stereocenters. The number of rotatable bonds is 4. The number of anilines is 3. The van der Waals surface area contributed by atoms with Gasteiger partial charge in [0.1, 0.15) is 5.82 Å². The fourth-order valence-corrected chi connectivity index (χ4v) is 4.52. The van der Waals surface area contributed by atoms with Crippen molar-refractivity contribution in [2.75, 3.05) is 16.8 Å². The molecular weight excluding hydrogens is 348 g/mol. The normalized spacial score (nSPS) is 21.3. The Balaban J connectivity index is 1.80. The number of nitrogens with zero attached hydrogens (tertiary/aromatic N) is 3. The molecule has 28 heavy (non-hydrogen) atoms. The minimum absolute atomic E-state index is 0.0637. The lowest BCUT2D eigenvalue weighted by Gasteiger charge is -2.37. The van der Waals surface area contributed by atoms with Gasteiger partial charge in [-0.1, -0.05) is 39.0 Å². The Labute approximate surface area is 167 Å². The molecule has 148 valence electrons. The van der Waals surface area contributed by atoms with Crippen LogP contribution in [0.5, 0.6) is 0 Å². The second-order valence-corrected chi connectivity index (χ2v) is 8.88. The Morgan fingerprint density at radius 3 is 2.68 bits per heavy atom. The number of fused-ring (bicyclic) bond motifs is 1. The Morgan fingerprint density at radius 2 is 1.93 bits per heavy atom. The summed E-state index contributed by atoms with van der Waals surface area (Å²) in [5, 5.41) is 3.40. The largest absolute Gasteiger partial charge is 0.339 e. The number of ketones is 1. The minimum Gasteiger partial charge on any atom is -0.339 e. The Hall–Kier alpha value is -2.43. The van der Waals surface area contributed by atoms with Crippen LogP contribution in [0.2, 0.25) is 0 Å². The number of hydrogen-bond acceptors (Lipinski definition) is 5. The monoisotopic (exact) mass is 378 g/mol. The summed E-state index contributed by atoms with van der Waals surface area (Å²) < 4.78 is 0. The zero-order valence-corrected chi connectivity index (χ0v) is 17.2. The molecule has 0 radical (unpaired) electrons. The first kappa shape index (κ1) is 18.9. The number of carbonyl (C=O) groups excluding carboxylic acids is 1. The summed E-state index contributed by atoms with van der Waals surface area (Å²) >= 11 is 0. The average molecular weight is 379 g/mol. The van der Waals surface area contributed by atoms with Crippen LogP contribution in [0.25, 0.3) is 0 Å². The van der Waals surface area contributed by atoms with Gasteiger partial charge in [-0.25, -0.2) is 4.98 Å². The van der Waals surface area contributed by atoms with Gasteiger partial charge in [-0.05, 0) is 49.7 Å². The van der Waals surface area contributed by atoms with Gasteiger partial charge in [-0.2, -0.15) is 4.98 Å². The number of nitrogens with one attached hydrogen (secondary N) is 1. The van der Waals surface area contributed by atoms with Crippen LogP contribution in [-0.4, -0.2) is 28.3 Å². The van der Waals surface area contributed by atoms with Crippen molar-refractivity contribution in [2.24, 2.45) is 5.41 Å². The van der Waals surface area contributed by atoms with Crippen molar-refractivity contribution in [3.05, 3.63) is 41.6 Å². The van der Waals surface area contributed by atoms with E-state index in [4.69, 9.17) is 9.97 Å². The number of piperidine rings is 1. The topological polar surface area (TPSA) is 58.1 Å². The lowest BCUT2D eigenvalue weighted by molar-refractivity contribution is 0.0911. The summed E-state index contributed by atoms with van der Waals surface area (Å²) in [4.78, 5) is 25.2. The Morgan fingerprint density at radius 1 is 1.14 bits per heavy atom. The third-order valence-electron chi connectivity index (χ3n) is 5.93. The number of para-hydroxylation sites is 1. The van der Waals surface area contributed by atoms with Crippen molar-refractivity contribution < 1.29 is 4.79 Å². The summed E-state index contributed by atoms with van der Waals surface area (Å²) in [6, 6.07) is 10.4. The van der Waals surface area contributed by atoms with Crippen LogP contribution in [0.3, 0.4) is 0 Å². The first-order chi connectivity index (χ1) is 13.5. The van der Waals surface area contributed by atoms with Crippen LogP contribution >= 0.6 is 0 Å². The number of carbonyl (C=O) groups is 1. The van der Waals surface area contributed by atoms with E-state index >= 15 is 0 Å². The highest BCUT2D eigenvalue weighted by Gasteiger charge is 2.36. The maximum Gasteiger partial charge on any atom is 0.227 e. The van der Waals surface area contributed by atoms with Crippen molar-refractivity contribution in [1.29, 1.82) is 0 Å². The van der Waals surface area contributed by atoms with E-state index in [2.05, 4.69) is 31.0 Å². The van der Waals surface area contributed by atoms with E-state index in [9.17, 15) is 4.79 Å². The zero-order valence-electron chi connectivity index (χ0n) is 17.2. The molecule has 2 heterocycles. The Kier molecular flexibility index (Phi) is 5.09. The highest BCUT2D eigenvalue weighted by atomic mass is 16.1. The molecule has 1 aromatic carbocycles. The Bertz CT molecular complexity index is 862. The van der Waals surface area contributed by atoms with E-state index in [1.807, 2.05) is 30.3 Å². The molecule has 4 rings (SSSR count). The van der Waals surface area contributed by atoms with E-state index in [0.29, 0.717) is 23.8 Å². The standard InChI is InChI=1S/C23H30N4O/c1-4-17-12-8-9-13-27(17)22-25-18-14-23(2,3)15-19(28)20(18)21(26-22)24-16-10-6-5-7-11-16/h5-7,10-11,17H,4,8-9,12-15H2,1-3H3,(H,24,25,26). The summed E-state index contributed by atoms with van der Waals surface area (Å²) in [6.07, 6.45) is 6.05. The smallest absolute Gasteiger partial charge is 0.227 e. The molecule has 1 fully saturated rings. The van der Waals surface area contributed by atoms with E-state index in [-0.39, 0.29) is 11.2 Å². The summed E-state index contributed by atoms with van der Waals surface area (Å²) in [5.74, 6) is 1.57. The average Bonchev–Trinajstić information content (AvgIpc) is 2.67. The van der Waals surface area contributed by atoms with Gasteiger partial charge < -0.3 is 10.2 Å². The molecule has 2 aromatic rings. The van der Waals surface area contributed by atoms with Gasteiger partial charge in [0.05, 0.1) is 11.3 Å². The van der Waals surface area contributed by atoms with E-state index in [1.54, 1.807) is 0 Å². The number of benzene rings is 1. The maximum atomic E-state index is 13.0. The van der Waals surface area contributed by atoms with Crippen LogP contribution < -0.4 is 10.2 Å². The van der Waals surface area contributed by atoms with E-state index in [0.717, 1.165) is 36.7 Å². The van der Waals surface area contributed by atoms with Gasteiger partial charge in [0.2, 0.25) is 5.95 Å². The van der Waals surface area contributed by atoms with Gasteiger partial charge in [-0.3, -0.25) is 4.79 Å². The van der Waals surface area contributed by atoms with Crippen molar-refractivity contribution in [3.8, 4) is 0 Å². The van der Waals surface area contributed by atoms with Gasteiger partial charge in [0.15, 0.2) is 5.78 Å². The molecule has 5 heteroatoms. The van der Waals surface area contributed by atoms with Crippen molar-refractivity contribution in [2.45, 2.75) is 65.3 Å². The molecule has 1 aliphatic carbocycles. The third kappa shape index (κ3) is 3.75. The molecular formula is C23H30N4O. The van der Waals surface area contributed by atoms with Crippen LogP contribution in [-0.2, 0) is 6.42 Å². The molecule has 1 atom stereocenters. The first-order valence-electron chi connectivity index (χ1n) is 10.5. The molecule has 0 amide bonds. The summed E-state index contributed by atoms with van der Waals surface area (Å²) in [7, 11) is 0. The lowest BCUT2D eigenvalue weighted by Crippen LogP contribution is -2.41. The quantitative estimate of drug-likeness (QED) is 0.798. The SMILES string of the molecule is CCC1CCCCN1c1nc2c(c(Nc3ccccc3)n1)C(=O)CC(C)(C)C2. The summed E-state index contributed by atoms with van der Waals surface area (Å²) in [5.41, 5.74) is 2.45. The number of aromatic nitrogens is 2. The highest BCUT2D eigenvalue weighted by molar-refractivity contribution is 6.03. The van der Waals surface area contributed by atoms with Crippen LogP contribution in [0.1, 0.15) is 68.9 Å². The lowest BCUT2D eigenvalue weighted by atomic mass is 9.75. The van der Waals surface area contributed by atoms with E-state index < -0.39 is 0 Å². The van der Waals surface area contributed by atoms with Crippen molar-refractivity contribution >= 4 is 23.2 Å². The van der Waals surface area contributed by atoms with Gasteiger partial charge in [0.25, 0.3) is 0 Å². The van der Waals surface area contributed by atoms with Gasteiger partial charge in [0, 0.05) is 24.7 Å². The van der Waals surface area contributed by atoms with Crippen LogP contribution in [0, 0.1) is 5.41 Å². The number of hydrogen-bond donors (Lipinski definition) is 1. The van der Waals surface area contributed by atoms with Gasteiger partial charge in [-0.15, -0.1) is 0 Å². The molecule has 0 bridgehead atoms. The molecule has 5 nitrogen and oxygen atoms in total. The molecule has 0 spiro atoms. The first-order valence-corrected chi connectivity index (χ1v) is 10.5. The molecule has 0 saturated carbocycles. The second-order valence-electron chi connectivity index (χ2n) is 8.88. The number of Topliss-reactive ketones (excluding diaryl/α,β-unsaturated/α-hetero) is 1. The maximum absolute atomic E-state index is 13.0. The predicted molar refractivity (Wildman–Crippen MR) is 113 cm³/mol. The van der Waals surface area contributed by atoms with Crippen molar-refractivity contribution in [3.63, 3.8) is 0 Å².